The average molecular weight is 232 g/mol. The molecule has 0 aliphatic carbocycles. The fourth-order valence-electron chi connectivity index (χ4n) is 0.852. The molecule has 1 amide bonds. The lowest BCUT2D eigenvalue weighted by atomic mass is 9.92. The fourth-order valence-corrected chi connectivity index (χ4v) is 0.945. The van der Waals surface area contributed by atoms with E-state index in [1.807, 2.05) is 13.8 Å². The quantitative estimate of drug-likeness (QED) is 0.666. The van der Waals surface area contributed by atoms with Gasteiger partial charge in [-0.2, -0.15) is 0 Å². The number of hydrogen-bond donors (Lipinski definition) is 2. The van der Waals surface area contributed by atoms with Crippen LogP contribution in [0.1, 0.15) is 27.7 Å². The predicted octanol–water partition coefficient (Wildman–Crippen LogP) is 0.840. The van der Waals surface area contributed by atoms with Crippen LogP contribution in [0.25, 0.3) is 0 Å². The molecule has 5 heteroatoms. The molecule has 1 unspecified atom stereocenters. The molecule has 0 heterocycles. The maximum atomic E-state index is 11.7. The Morgan fingerprint density at radius 1 is 1.60 bits per heavy atom. The normalized spacial score (nSPS) is 13.3. The lowest BCUT2D eigenvalue weighted by Crippen LogP contribution is -2.48. The average Bonchev–Trinajstić information content (AvgIpc) is 2.14. The van der Waals surface area contributed by atoms with Crippen molar-refractivity contribution >= 4 is 23.1 Å². The van der Waals surface area contributed by atoms with Crippen molar-refractivity contribution in [1.82, 2.24) is 5.32 Å². The van der Waals surface area contributed by atoms with Gasteiger partial charge in [-0.05, 0) is 27.7 Å². The smallest absolute Gasteiger partial charge is 0.232 e. The molecule has 0 bridgehead atoms. The number of nitrogens with one attached hydrogen (secondary N) is 1. The molecule has 0 aromatic rings. The molecule has 0 rings (SSSR count). The van der Waals surface area contributed by atoms with E-state index < -0.39 is 5.41 Å². The third-order valence-corrected chi connectivity index (χ3v) is 2.64. The summed E-state index contributed by atoms with van der Waals surface area (Å²) in [5.41, 5.74) is 4.68. The van der Waals surface area contributed by atoms with E-state index in [1.165, 1.54) is 0 Å². The van der Waals surface area contributed by atoms with Gasteiger partial charge in [0.25, 0.3) is 0 Å². The Labute approximate surface area is 96.5 Å². The van der Waals surface area contributed by atoms with E-state index in [0.717, 1.165) is 0 Å². The van der Waals surface area contributed by atoms with Crippen molar-refractivity contribution in [2.24, 2.45) is 11.1 Å². The number of amides is 1. The first-order valence-electron chi connectivity index (χ1n) is 5.01. The summed E-state index contributed by atoms with van der Waals surface area (Å²) in [4.78, 5) is 11.9. The van der Waals surface area contributed by atoms with E-state index in [9.17, 15) is 4.79 Å². The van der Waals surface area contributed by atoms with Gasteiger partial charge in [0.1, 0.15) is 0 Å². The van der Waals surface area contributed by atoms with E-state index in [2.05, 4.69) is 5.32 Å². The number of thiocarbonyl (C=S) groups is 1. The Kier molecular flexibility index (Phi) is 5.75. The minimum Gasteiger partial charge on any atom is -0.392 e. The minimum atomic E-state index is -0.810. The summed E-state index contributed by atoms with van der Waals surface area (Å²) in [5, 5.41) is 2.80. The number of hydrogen-bond acceptors (Lipinski definition) is 3. The molecule has 0 aromatic heterocycles. The van der Waals surface area contributed by atoms with Gasteiger partial charge < -0.3 is 15.8 Å². The Hall–Kier alpha value is -0.680. The molecule has 0 fully saturated rings. The van der Waals surface area contributed by atoms with Gasteiger partial charge in [-0.3, -0.25) is 4.79 Å². The molecule has 0 aromatic carbocycles. The highest BCUT2D eigenvalue weighted by Crippen LogP contribution is 2.15. The monoisotopic (exact) mass is 232 g/mol. The van der Waals surface area contributed by atoms with E-state index in [0.29, 0.717) is 13.2 Å². The third kappa shape index (κ3) is 4.57. The van der Waals surface area contributed by atoms with Crippen LogP contribution in [0.3, 0.4) is 0 Å². The zero-order valence-electron chi connectivity index (χ0n) is 9.79. The van der Waals surface area contributed by atoms with Crippen LogP contribution in [-0.4, -0.2) is 30.2 Å². The molecule has 1 atom stereocenters. The molecule has 0 saturated heterocycles. The number of rotatable bonds is 6. The molecular weight excluding hydrogens is 212 g/mol. The highest BCUT2D eigenvalue weighted by molar-refractivity contribution is 7.80. The van der Waals surface area contributed by atoms with E-state index in [4.69, 9.17) is 22.7 Å². The summed E-state index contributed by atoms with van der Waals surface area (Å²) in [6.45, 7) is 8.33. The summed E-state index contributed by atoms with van der Waals surface area (Å²) in [6, 6.07) is -0.0360. The van der Waals surface area contributed by atoms with Gasteiger partial charge in [0, 0.05) is 12.6 Å². The predicted molar refractivity (Wildman–Crippen MR) is 64.7 cm³/mol. The molecule has 0 saturated carbocycles. The van der Waals surface area contributed by atoms with E-state index in [-0.39, 0.29) is 16.9 Å². The van der Waals surface area contributed by atoms with Gasteiger partial charge in [0.05, 0.1) is 17.0 Å². The van der Waals surface area contributed by atoms with Gasteiger partial charge in [0.15, 0.2) is 0 Å². The van der Waals surface area contributed by atoms with Crippen molar-refractivity contribution in [3.8, 4) is 0 Å². The zero-order valence-corrected chi connectivity index (χ0v) is 10.6. The molecular formula is C10H20N2O2S. The van der Waals surface area contributed by atoms with Crippen molar-refractivity contribution in [2.75, 3.05) is 13.2 Å². The van der Waals surface area contributed by atoms with Crippen LogP contribution in [0.4, 0.5) is 0 Å². The van der Waals surface area contributed by atoms with Crippen molar-refractivity contribution in [3.05, 3.63) is 0 Å². The lowest BCUT2D eigenvalue weighted by molar-refractivity contribution is -0.127. The molecule has 0 aliphatic rings. The van der Waals surface area contributed by atoms with Gasteiger partial charge in [0.2, 0.25) is 5.91 Å². The summed E-state index contributed by atoms with van der Waals surface area (Å²) in [6.07, 6.45) is 0. The second-order valence-corrected chi connectivity index (χ2v) is 4.46. The number of ether oxygens (including phenoxy) is 1. The standard InChI is InChI=1S/C10H20N2O2S/c1-5-14-6-7(2)12-9(13)10(3,4)8(11)15/h7H,5-6H2,1-4H3,(H2,11,15)(H,12,13). The fraction of sp³-hybridized carbons (Fsp3) is 0.800. The van der Waals surface area contributed by atoms with Crippen LogP contribution in [-0.2, 0) is 9.53 Å². The summed E-state index contributed by atoms with van der Waals surface area (Å²) in [5.74, 6) is -0.165. The highest BCUT2D eigenvalue weighted by Gasteiger charge is 2.31. The largest absolute Gasteiger partial charge is 0.392 e. The first-order chi connectivity index (χ1) is 6.82. The topological polar surface area (TPSA) is 64.3 Å². The van der Waals surface area contributed by atoms with Crippen LogP contribution < -0.4 is 11.1 Å². The summed E-state index contributed by atoms with van der Waals surface area (Å²) < 4.78 is 5.19. The van der Waals surface area contributed by atoms with Crippen molar-refractivity contribution in [1.29, 1.82) is 0 Å². The highest BCUT2D eigenvalue weighted by atomic mass is 32.1. The number of nitrogens with two attached hydrogens (primary N) is 1. The second kappa shape index (κ2) is 6.02. The molecule has 0 aliphatic heterocycles. The Bertz CT molecular complexity index is 242. The van der Waals surface area contributed by atoms with Crippen molar-refractivity contribution in [3.63, 3.8) is 0 Å². The maximum Gasteiger partial charge on any atom is 0.232 e. The summed E-state index contributed by atoms with van der Waals surface area (Å²) in [7, 11) is 0. The van der Waals surface area contributed by atoms with Gasteiger partial charge >= 0.3 is 0 Å². The minimum absolute atomic E-state index is 0.0360. The molecule has 4 nitrogen and oxygen atoms in total. The SMILES string of the molecule is CCOCC(C)NC(=O)C(C)(C)C(N)=S. The Balaban J connectivity index is 4.18. The zero-order chi connectivity index (χ0) is 12.1. The first kappa shape index (κ1) is 14.3. The molecule has 0 radical (unpaired) electrons. The van der Waals surface area contributed by atoms with Gasteiger partial charge in [-0.1, -0.05) is 12.2 Å². The first-order valence-corrected chi connectivity index (χ1v) is 5.41. The van der Waals surface area contributed by atoms with Gasteiger partial charge in [-0.25, -0.2) is 0 Å². The maximum absolute atomic E-state index is 11.7. The second-order valence-electron chi connectivity index (χ2n) is 4.02. The Morgan fingerprint density at radius 3 is 2.53 bits per heavy atom. The summed E-state index contributed by atoms with van der Waals surface area (Å²) >= 11 is 4.83. The Morgan fingerprint density at radius 2 is 2.13 bits per heavy atom. The molecule has 3 N–H and O–H groups in total. The third-order valence-electron chi connectivity index (χ3n) is 2.13. The van der Waals surface area contributed by atoms with Crippen LogP contribution in [0.15, 0.2) is 0 Å². The van der Waals surface area contributed by atoms with Gasteiger partial charge in [-0.15, -0.1) is 0 Å². The molecule has 15 heavy (non-hydrogen) atoms. The van der Waals surface area contributed by atoms with Crippen LogP contribution >= 0.6 is 12.2 Å². The number of carbonyl (C=O) groups excluding carboxylic acids is 1. The van der Waals surface area contributed by atoms with E-state index >= 15 is 0 Å². The lowest BCUT2D eigenvalue weighted by Gasteiger charge is -2.24. The number of carbonyl (C=O) groups is 1. The molecule has 88 valence electrons. The van der Waals surface area contributed by atoms with E-state index in [1.54, 1.807) is 13.8 Å². The van der Waals surface area contributed by atoms with Crippen LogP contribution in [0.5, 0.6) is 0 Å². The van der Waals surface area contributed by atoms with Crippen molar-refractivity contribution < 1.29 is 9.53 Å². The molecule has 0 spiro atoms. The van der Waals surface area contributed by atoms with Crippen LogP contribution in [0.2, 0.25) is 0 Å². The van der Waals surface area contributed by atoms with Crippen molar-refractivity contribution in [2.45, 2.75) is 33.7 Å². The van der Waals surface area contributed by atoms with Crippen LogP contribution in [0, 0.1) is 5.41 Å².